The second kappa shape index (κ2) is 6.56. The van der Waals surface area contributed by atoms with E-state index in [9.17, 15) is 9.59 Å². The number of rotatable bonds is 6. The predicted molar refractivity (Wildman–Crippen MR) is 58.8 cm³/mol. The van der Waals surface area contributed by atoms with Gasteiger partial charge in [0, 0.05) is 27.1 Å². The molecule has 0 saturated carbocycles. The minimum atomic E-state index is -0.134. The molecule has 0 aromatic carbocycles. The van der Waals surface area contributed by atoms with Crippen LogP contribution in [0.15, 0.2) is 0 Å². The van der Waals surface area contributed by atoms with E-state index in [2.05, 4.69) is 26.2 Å². The number of aryl methyl sites for hydroxylation is 1. The van der Waals surface area contributed by atoms with Crippen molar-refractivity contribution < 1.29 is 9.59 Å². The first kappa shape index (κ1) is 13.1. The second-order valence-electron chi connectivity index (χ2n) is 3.58. The molecule has 0 atom stereocenters. The molecular weight excluding hydrogens is 224 g/mol. The summed E-state index contributed by atoms with van der Waals surface area (Å²) in [6, 6.07) is 0. The highest BCUT2D eigenvalue weighted by Crippen LogP contribution is 1.90. The van der Waals surface area contributed by atoms with E-state index >= 15 is 0 Å². The molecule has 1 heterocycles. The fraction of sp³-hybridized carbons (Fsp3) is 0.667. The van der Waals surface area contributed by atoms with E-state index < -0.39 is 0 Å². The van der Waals surface area contributed by atoms with Gasteiger partial charge in [-0.25, -0.2) is 4.68 Å². The summed E-state index contributed by atoms with van der Waals surface area (Å²) in [7, 11) is 1.68. The summed E-state index contributed by atoms with van der Waals surface area (Å²) < 4.78 is 1.46. The summed E-state index contributed by atoms with van der Waals surface area (Å²) in [5.41, 5.74) is 0. The highest BCUT2D eigenvalue weighted by molar-refractivity contribution is 5.77. The average Bonchev–Trinajstić information content (AvgIpc) is 2.63. The van der Waals surface area contributed by atoms with Gasteiger partial charge in [-0.05, 0) is 16.8 Å². The number of aromatic nitrogens is 4. The van der Waals surface area contributed by atoms with Crippen LogP contribution in [0.5, 0.6) is 0 Å². The number of nitrogens with zero attached hydrogens (tertiary/aromatic N) is 4. The number of hydrogen-bond donors (Lipinski definition) is 2. The van der Waals surface area contributed by atoms with Crippen molar-refractivity contribution in [3.8, 4) is 0 Å². The molecule has 1 aromatic heterocycles. The zero-order valence-electron chi connectivity index (χ0n) is 9.93. The van der Waals surface area contributed by atoms with Crippen molar-refractivity contribution in [3.63, 3.8) is 0 Å². The monoisotopic (exact) mass is 240 g/mol. The smallest absolute Gasteiger partial charge is 0.227 e. The minimum absolute atomic E-state index is 0.0681. The van der Waals surface area contributed by atoms with E-state index in [0.29, 0.717) is 25.3 Å². The maximum absolute atomic E-state index is 11.5. The topological polar surface area (TPSA) is 102 Å². The van der Waals surface area contributed by atoms with Gasteiger partial charge in [-0.3, -0.25) is 9.59 Å². The Morgan fingerprint density at radius 2 is 2.00 bits per heavy atom. The lowest BCUT2D eigenvalue weighted by Crippen LogP contribution is -2.30. The van der Waals surface area contributed by atoms with Crippen LogP contribution in [0.1, 0.15) is 19.2 Å². The first-order valence-electron chi connectivity index (χ1n) is 5.32. The molecule has 2 amide bonds. The third-order valence-electron chi connectivity index (χ3n) is 2.08. The van der Waals surface area contributed by atoms with E-state index in [4.69, 9.17) is 0 Å². The first-order chi connectivity index (χ1) is 8.09. The molecule has 8 heteroatoms. The van der Waals surface area contributed by atoms with Crippen LogP contribution in [0.25, 0.3) is 0 Å². The van der Waals surface area contributed by atoms with Gasteiger partial charge in [-0.1, -0.05) is 0 Å². The molecule has 17 heavy (non-hydrogen) atoms. The van der Waals surface area contributed by atoms with Gasteiger partial charge in [-0.15, -0.1) is 5.10 Å². The van der Waals surface area contributed by atoms with Crippen LogP contribution in [-0.2, 0) is 23.1 Å². The lowest BCUT2D eigenvalue weighted by Gasteiger charge is -2.04. The molecule has 0 radical (unpaired) electrons. The number of carbonyl (C=O) groups is 2. The van der Waals surface area contributed by atoms with Crippen molar-refractivity contribution in [2.24, 2.45) is 7.05 Å². The van der Waals surface area contributed by atoms with Gasteiger partial charge in [0.1, 0.15) is 0 Å². The molecule has 8 nitrogen and oxygen atoms in total. The van der Waals surface area contributed by atoms with E-state index in [1.54, 1.807) is 7.05 Å². The molecule has 0 aliphatic rings. The Morgan fingerprint density at radius 1 is 1.29 bits per heavy atom. The largest absolute Gasteiger partial charge is 0.356 e. The van der Waals surface area contributed by atoms with Crippen LogP contribution in [0.2, 0.25) is 0 Å². The zero-order valence-corrected chi connectivity index (χ0v) is 9.93. The highest BCUT2D eigenvalue weighted by atomic mass is 16.2. The molecule has 1 aromatic rings. The van der Waals surface area contributed by atoms with Crippen molar-refractivity contribution in [2.45, 2.75) is 19.8 Å². The summed E-state index contributed by atoms with van der Waals surface area (Å²) in [5.74, 6) is 0.316. The van der Waals surface area contributed by atoms with Gasteiger partial charge in [0.2, 0.25) is 11.8 Å². The predicted octanol–water partition coefficient (Wildman–Crippen LogP) is -1.60. The van der Waals surface area contributed by atoms with E-state index in [1.807, 2.05) is 0 Å². The number of tetrazole rings is 1. The lowest BCUT2D eigenvalue weighted by molar-refractivity contribution is -0.120. The summed E-state index contributed by atoms with van der Waals surface area (Å²) in [4.78, 5) is 22.0. The van der Waals surface area contributed by atoms with Gasteiger partial charge in [0.15, 0.2) is 5.82 Å². The Bertz CT molecular complexity index is 389. The third kappa shape index (κ3) is 5.05. The van der Waals surface area contributed by atoms with Gasteiger partial charge < -0.3 is 10.6 Å². The first-order valence-corrected chi connectivity index (χ1v) is 5.32. The molecule has 94 valence electrons. The molecule has 0 saturated heterocycles. The van der Waals surface area contributed by atoms with Gasteiger partial charge in [-0.2, -0.15) is 0 Å². The Hall–Kier alpha value is -1.99. The van der Waals surface area contributed by atoms with E-state index in [0.717, 1.165) is 0 Å². The van der Waals surface area contributed by atoms with Crippen LogP contribution in [0.3, 0.4) is 0 Å². The number of carbonyl (C=O) groups excluding carboxylic acids is 2. The summed E-state index contributed by atoms with van der Waals surface area (Å²) in [6.45, 7) is 2.53. The van der Waals surface area contributed by atoms with Crippen molar-refractivity contribution in [2.75, 3.05) is 13.1 Å². The normalized spacial score (nSPS) is 10.0. The maximum atomic E-state index is 11.5. The quantitative estimate of drug-likeness (QED) is 0.583. The van der Waals surface area contributed by atoms with Crippen LogP contribution in [-0.4, -0.2) is 45.1 Å². The standard InChI is InChI=1S/C9H16N6O2/c1-7(16)10-4-3-5-11-9(17)6-8-12-13-14-15(8)2/h3-6H2,1-2H3,(H,10,16)(H,11,17). The zero-order chi connectivity index (χ0) is 12.7. The van der Waals surface area contributed by atoms with Gasteiger partial charge in [0.25, 0.3) is 0 Å². The second-order valence-corrected chi connectivity index (χ2v) is 3.58. The number of amides is 2. The molecule has 0 fully saturated rings. The van der Waals surface area contributed by atoms with E-state index in [-0.39, 0.29) is 18.2 Å². The highest BCUT2D eigenvalue weighted by Gasteiger charge is 2.08. The minimum Gasteiger partial charge on any atom is -0.356 e. The molecule has 0 bridgehead atoms. The Morgan fingerprint density at radius 3 is 2.59 bits per heavy atom. The average molecular weight is 240 g/mol. The maximum Gasteiger partial charge on any atom is 0.227 e. The lowest BCUT2D eigenvalue weighted by atomic mass is 10.3. The third-order valence-corrected chi connectivity index (χ3v) is 2.08. The molecule has 0 aliphatic carbocycles. The van der Waals surface area contributed by atoms with Crippen molar-refractivity contribution in [1.82, 2.24) is 30.8 Å². The van der Waals surface area contributed by atoms with Crippen molar-refractivity contribution >= 4 is 11.8 Å². The van der Waals surface area contributed by atoms with Gasteiger partial charge in [0.05, 0.1) is 6.42 Å². The number of nitrogens with one attached hydrogen (secondary N) is 2. The van der Waals surface area contributed by atoms with Crippen molar-refractivity contribution in [3.05, 3.63) is 5.82 Å². The van der Waals surface area contributed by atoms with E-state index in [1.165, 1.54) is 11.6 Å². The molecular formula is C9H16N6O2. The van der Waals surface area contributed by atoms with Gasteiger partial charge >= 0.3 is 0 Å². The van der Waals surface area contributed by atoms with Crippen LogP contribution in [0.4, 0.5) is 0 Å². The molecule has 2 N–H and O–H groups in total. The van der Waals surface area contributed by atoms with Crippen LogP contribution < -0.4 is 10.6 Å². The molecule has 1 rings (SSSR count). The van der Waals surface area contributed by atoms with Crippen LogP contribution in [0, 0.1) is 0 Å². The Labute approximate surface area is 98.8 Å². The SMILES string of the molecule is CC(=O)NCCCNC(=O)Cc1nnnn1C. The van der Waals surface area contributed by atoms with Crippen molar-refractivity contribution in [1.29, 1.82) is 0 Å². The summed E-state index contributed by atoms with van der Waals surface area (Å²) in [6.07, 6.45) is 0.853. The number of hydrogen-bond acceptors (Lipinski definition) is 5. The fourth-order valence-corrected chi connectivity index (χ4v) is 1.18. The molecule has 0 spiro atoms. The Balaban J connectivity index is 2.14. The summed E-state index contributed by atoms with van der Waals surface area (Å²) >= 11 is 0. The molecule has 0 unspecified atom stereocenters. The fourth-order valence-electron chi connectivity index (χ4n) is 1.18. The Kier molecular flexibility index (Phi) is 5.05. The molecule has 0 aliphatic heterocycles. The van der Waals surface area contributed by atoms with Crippen LogP contribution >= 0.6 is 0 Å². The summed E-state index contributed by atoms with van der Waals surface area (Å²) in [5, 5.41) is 16.1.